The van der Waals surface area contributed by atoms with Crippen molar-refractivity contribution in [2.24, 2.45) is 0 Å². The number of hydrogen-bond acceptors (Lipinski definition) is 6. The first-order chi connectivity index (χ1) is 14.3. The van der Waals surface area contributed by atoms with Crippen molar-refractivity contribution in [3.63, 3.8) is 0 Å². The topological polar surface area (TPSA) is 101 Å². The zero-order valence-electron chi connectivity index (χ0n) is 16.5. The molecule has 3 aromatic rings. The lowest BCUT2D eigenvalue weighted by Gasteiger charge is -2.25. The van der Waals surface area contributed by atoms with Gasteiger partial charge < -0.3 is 15.0 Å². The molecule has 3 heterocycles. The summed E-state index contributed by atoms with van der Waals surface area (Å²) in [5.74, 6) is 0.902. The van der Waals surface area contributed by atoms with Crippen LogP contribution in [0.5, 0.6) is 0 Å². The van der Waals surface area contributed by atoms with Crippen molar-refractivity contribution in [2.45, 2.75) is 32.4 Å². The van der Waals surface area contributed by atoms with Gasteiger partial charge in [0, 0.05) is 49.7 Å². The number of carbonyl (C=O) groups excluding carboxylic acids is 1. The lowest BCUT2D eigenvalue weighted by molar-refractivity contribution is -0.121. The number of aromatic nitrogens is 5. The monoisotopic (exact) mass is 397 g/mol. The van der Waals surface area contributed by atoms with Crippen molar-refractivity contribution in [2.75, 3.05) is 32.8 Å². The van der Waals surface area contributed by atoms with Gasteiger partial charge >= 0.3 is 0 Å². The highest BCUT2D eigenvalue weighted by Crippen LogP contribution is 2.17. The first kappa shape index (κ1) is 19.5. The molecule has 2 aromatic heterocycles. The summed E-state index contributed by atoms with van der Waals surface area (Å²) in [5.41, 5.74) is 2.35. The third kappa shape index (κ3) is 5.18. The van der Waals surface area contributed by atoms with E-state index in [1.54, 1.807) is 4.68 Å². The van der Waals surface area contributed by atoms with Gasteiger partial charge in [-0.2, -0.15) is 0 Å². The van der Waals surface area contributed by atoms with Crippen molar-refractivity contribution in [1.82, 2.24) is 35.4 Å². The van der Waals surface area contributed by atoms with E-state index in [-0.39, 0.29) is 5.91 Å². The average molecular weight is 397 g/mol. The summed E-state index contributed by atoms with van der Waals surface area (Å²) in [6.07, 6.45) is 4.00. The molecule has 1 saturated heterocycles. The Morgan fingerprint density at radius 3 is 3.00 bits per heavy atom. The second kappa shape index (κ2) is 9.62. The van der Waals surface area contributed by atoms with Crippen LogP contribution >= 0.6 is 0 Å². The van der Waals surface area contributed by atoms with Crippen LogP contribution in [0.1, 0.15) is 24.2 Å². The standard InChI is InChI=1S/C20H27N7O2/c28-20(21-8-7-16-14-22-18-5-2-1-4-17(16)18)6-3-9-27-19(23-24-25-27)15-26-10-12-29-13-11-26/h1-2,4-5,14,22H,3,6-13,15H2,(H,21,28). The summed E-state index contributed by atoms with van der Waals surface area (Å²) in [6.45, 7) is 5.28. The summed E-state index contributed by atoms with van der Waals surface area (Å²) in [4.78, 5) is 17.7. The Balaban J connectivity index is 1.17. The third-order valence-electron chi connectivity index (χ3n) is 5.24. The smallest absolute Gasteiger partial charge is 0.220 e. The predicted molar refractivity (Wildman–Crippen MR) is 108 cm³/mol. The highest BCUT2D eigenvalue weighted by atomic mass is 16.5. The van der Waals surface area contributed by atoms with E-state index in [1.807, 2.05) is 18.3 Å². The van der Waals surface area contributed by atoms with Gasteiger partial charge in [0.1, 0.15) is 0 Å². The van der Waals surface area contributed by atoms with E-state index in [9.17, 15) is 4.79 Å². The number of nitrogens with zero attached hydrogens (tertiary/aromatic N) is 5. The molecule has 0 saturated carbocycles. The number of ether oxygens (including phenoxy) is 1. The number of hydrogen-bond donors (Lipinski definition) is 2. The molecule has 4 rings (SSSR count). The van der Waals surface area contributed by atoms with Crippen molar-refractivity contribution in [3.8, 4) is 0 Å². The molecule has 0 aliphatic carbocycles. The Kier molecular flexibility index (Phi) is 6.48. The van der Waals surface area contributed by atoms with Crippen molar-refractivity contribution >= 4 is 16.8 Å². The molecule has 0 radical (unpaired) electrons. The number of morpholine rings is 1. The van der Waals surface area contributed by atoms with Gasteiger partial charge in [0.25, 0.3) is 0 Å². The fourth-order valence-corrected chi connectivity index (χ4v) is 3.62. The van der Waals surface area contributed by atoms with E-state index in [4.69, 9.17) is 4.74 Å². The first-order valence-electron chi connectivity index (χ1n) is 10.2. The number of rotatable bonds is 9. The van der Waals surface area contributed by atoms with E-state index in [0.717, 1.165) is 44.1 Å². The number of amides is 1. The molecule has 29 heavy (non-hydrogen) atoms. The molecule has 9 nitrogen and oxygen atoms in total. The third-order valence-corrected chi connectivity index (χ3v) is 5.24. The van der Waals surface area contributed by atoms with Gasteiger partial charge in [-0.1, -0.05) is 18.2 Å². The predicted octanol–water partition coefficient (Wildman–Crippen LogP) is 1.13. The van der Waals surface area contributed by atoms with Crippen LogP contribution in [0, 0.1) is 0 Å². The van der Waals surface area contributed by atoms with Crippen LogP contribution in [-0.4, -0.2) is 68.8 Å². The van der Waals surface area contributed by atoms with Gasteiger partial charge in [-0.25, -0.2) is 4.68 Å². The fourth-order valence-electron chi connectivity index (χ4n) is 3.62. The summed E-state index contributed by atoms with van der Waals surface area (Å²) < 4.78 is 7.17. The second-order valence-electron chi connectivity index (χ2n) is 7.27. The largest absolute Gasteiger partial charge is 0.379 e. The van der Waals surface area contributed by atoms with E-state index in [0.29, 0.717) is 32.5 Å². The number of nitrogens with one attached hydrogen (secondary N) is 2. The number of carbonyl (C=O) groups is 1. The molecule has 0 atom stereocenters. The lowest BCUT2D eigenvalue weighted by atomic mass is 10.1. The SMILES string of the molecule is O=C(CCCn1nnnc1CN1CCOCC1)NCCc1c[nH]c2ccccc12. The summed E-state index contributed by atoms with van der Waals surface area (Å²) in [7, 11) is 0. The Labute approximate surface area is 169 Å². The van der Waals surface area contributed by atoms with Crippen molar-refractivity contribution in [3.05, 3.63) is 41.9 Å². The van der Waals surface area contributed by atoms with E-state index in [2.05, 4.69) is 42.9 Å². The molecule has 1 amide bonds. The molecule has 0 spiro atoms. The molecule has 0 unspecified atom stereocenters. The Morgan fingerprint density at radius 1 is 1.24 bits per heavy atom. The highest BCUT2D eigenvalue weighted by Gasteiger charge is 2.15. The van der Waals surface area contributed by atoms with E-state index < -0.39 is 0 Å². The van der Waals surface area contributed by atoms with E-state index >= 15 is 0 Å². The van der Waals surface area contributed by atoms with Gasteiger partial charge in [0.15, 0.2) is 5.82 Å². The van der Waals surface area contributed by atoms with Crippen LogP contribution in [0.25, 0.3) is 10.9 Å². The van der Waals surface area contributed by atoms with Crippen LogP contribution < -0.4 is 5.32 Å². The van der Waals surface area contributed by atoms with Crippen LogP contribution in [0.15, 0.2) is 30.5 Å². The minimum atomic E-state index is 0.0626. The number of para-hydroxylation sites is 1. The van der Waals surface area contributed by atoms with Gasteiger partial charge in [0.2, 0.25) is 5.91 Å². The molecule has 154 valence electrons. The Morgan fingerprint density at radius 2 is 2.10 bits per heavy atom. The summed E-state index contributed by atoms with van der Waals surface area (Å²) >= 11 is 0. The minimum Gasteiger partial charge on any atom is -0.379 e. The lowest BCUT2D eigenvalue weighted by Crippen LogP contribution is -2.36. The zero-order chi connectivity index (χ0) is 19.9. The number of fused-ring (bicyclic) bond motifs is 1. The van der Waals surface area contributed by atoms with Gasteiger partial charge in [-0.15, -0.1) is 5.10 Å². The minimum absolute atomic E-state index is 0.0626. The number of aryl methyl sites for hydroxylation is 1. The maximum atomic E-state index is 12.2. The molecular weight excluding hydrogens is 370 g/mol. The van der Waals surface area contributed by atoms with Gasteiger partial charge in [-0.3, -0.25) is 9.69 Å². The first-order valence-corrected chi connectivity index (χ1v) is 10.2. The number of benzene rings is 1. The number of H-pyrrole nitrogens is 1. The molecule has 1 aromatic carbocycles. The van der Waals surface area contributed by atoms with Crippen LogP contribution in [0.3, 0.4) is 0 Å². The molecule has 2 N–H and O–H groups in total. The van der Waals surface area contributed by atoms with Gasteiger partial charge in [0.05, 0.1) is 19.8 Å². The van der Waals surface area contributed by atoms with Gasteiger partial charge in [-0.05, 0) is 34.9 Å². The molecule has 0 bridgehead atoms. The Hall–Kier alpha value is -2.78. The van der Waals surface area contributed by atoms with Crippen LogP contribution in [0.2, 0.25) is 0 Å². The molecule has 1 aliphatic rings. The maximum Gasteiger partial charge on any atom is 0.220 e. The quantitative estimate of drug-likeness (QED) is 0.561. The molecular formula is C20H27N7O2. The maximum absolute atomic E-state index is 12.2. The Bertz CT molecular complexity index is 930. The fraction of sp³-hybridized carbons (Fsp3) is 0.500. The van der Waals surface area contributed by atoms with Crippen LogP contribution in [0.4, 0.5) is 0 Å². The highest BCUT2D eigenvalue weighted by molar-refractivity contribution is 5.83. The summed E-state index contributed by atoms with van der Waals surface area (Å²) in [6, 6.07) is 8.21. The molecule has 1 aliphatic heterocycles. The number of tetrazole rings is 1. The number of aromatic amines is 1. The average Bonchev–Trinajstić information content (AvgIpc) is 3.36. The molecule has 1 fully saturated rings. The van der Waals surface area contributed by atoms with Crippen molar-refractivity contribution in [1.29, 1.82) is 0 Å². The zero-order valence-corrected chi connectivity index (χ0v) is 16.5. The van der Waals surface area contributed by atoms with Crippen LogP contribution in [-0.2, 0) is 29.0 Å². The second-order valence-corrected chi connectivity index (χ2v) is 7.27. The summed E-state index contributed by atoms with van der Waals surface area (Å²) in [5, 5.41) is 16.2. The normalized spacial score (nSPS) is 15.0. The van der Waals surface area contributed by atoms with E-state index in [1.165, 1.54) is 10.9 Å². The molecule has 9 heteroatoms. The van der Waals surface area contributed by atoms with Crippen molar-refractivity contribution < 1.29 is 9.53 Å².